The van der Waals surface area contributed by atoms with Crippen molar-refractivity contribution in [3.63, 3.8) is 0 Å². The molecule has 1 heterocycles. The molecule has 0 radical (unpaired) electrons. The van der Waals surface area contributed by atoms with Crippen LogP contribution in [0.2, 0.25) is 0 Å². The molecule has 2 aromatic rings. The molecule has 3 rings (SSSR count). The number of rotatable bonds is 5. The zero-order valence-corrected chi connectivity index (χ0v) is 12.3. The van der Waals surface area contributed by atoms with Crippen LogP contribution < -0.4 is 5.32 Å². The fourth-order valence-corrected chi connectivity index (χ4v) is 2.90. The lowest BCUT2D eigenvalue weighted by atomic mass is 9.92. The second-order valence-electron chi connectivity index (χ2n) is 5.63. The van der Waals surface area contributed by atoms with Gasteiger partial charge in [0, 0.05) is 11.6 Å². The SMILES string of the molecule is CCCNC1COCC1C(=O)c1ccc2ccccc2c1. The third kappa shape index (κ3) is 2.99. The van der Waals surface area contributed by atoms with Crippen LogP contribution in [0.25, 0.3) is 10.8 Å². The zero-order valence-electron chi connectivity index (χ0n) is 12.3. The van der Waals surface area contributed by atoms with Gasteiger partial charge in [0.1, 0.15) is 0 Å². The Morgan fingerprint density at radius 3 is 2.81 bits per heavy atom. The number of ether oxygens (including phenoxy) is 1. The van der Waals surface area contributed by atoms with Gasteiger partial charge in [-0.05, 0) is 29.8 Å². The van der Waals surface area contributed by atoms with Gasteiger partial charge in [0.05, 0.1) is 19.1 Å². The van der Waals surface area contributed by atoms with Crippen molar-refractivity contribution in [2.75, 3.05) is 19.8 Å². The first kappa shape index (κ1) is 14.2. The molecule has 2 aromatic carbocycles. The molecule has 0 saturated carbocycles. The highest BCUT2D eigenvalue weighted by atomic mass is 16.5. The monoisotopic (exact) mass is 283 g/mol. The van der Waals surface area contributed by atoms with Crippen molar-refractivity contribution >= 4 is 16.6 Å². The smallest absolute Gasteiger partial charge is 0.169 e. The average molecular weight is 283 g/mol. The van der Waals surface area contributed by atoms with Crippen LogP contribution >= 0.6 is 0 Å². The van der Waals surface area contributed by atoms with E-state index in [1.165, 1.54) is 0 Å². The molecule has 2 unspecified atom stereocenters. The number of hydrogen-bond acceptors (Lipinski definition) is 3. The molecule has 3 nitrogen and oxygen atoms in total. The van der Waals surface area contributed by atoms with Gasteiger partial charge in [0.2, 0.25) is 0 Å². The van der Waals surface area contributed by atoms with Crippen LogP contribution in [-0.2, 0) is 4.74 Å². The molecule has 1 fully saturated rings. The van der Waals surface area contributed by atoms with Gasteiger partial charge in [-0.1, -0.05) is 43.3 Å². The van der Waals surface area contributed by atoms with E-state index in [2.05, 4.69) is 18.3 Å². The van der Waals surface area contributed by atoms with Crippen molar-refractivity contribution < 1.29 is 9.53 Å². The van der Waals surface area contributed by atoms with Gasteiger partial charge in [-0.25, -0.2) is 0 Å². The highest BCUT2D eigenvalue weighted by Crippen LogP contribution is 2.22. The molecule has 21 heavy (non-hydrogen) atoms. The Balaban J connectivity index is 1.82. The van der Waals surface area contributed by atoms with Crippen molar-refractivity contribution in [2.24, 2.45) is 5.92 Å². The number of ketones is 1. The maximum Gasteiger partial charge on any atom is 0.169 e. The second kappa shape index (κ2) is 6.37. The molecule has 3 heteroatoms. The van der Waals surface area contributed by atoms with Gasteiger partial charge in [0.25, 0.3) is 0 Å². The highest BCUT2D eigenvalue weighted by molar-refractivity contribution is 6.01. The number of Topliss-reactive ketones (excluding diaryl/α,β-unsaturated/α-hetero) is 1. The Morgan fingerprint density at radius 2 is 2.00 bits per heavy atom. The van der Waals surface area contributed by atoms with Crippen LogP contribution in [0.5, 0.6) is 0 Å². The maximum atomic E-state index is 12.7. The number of hydrogen-bond donors (Lipinski definition) is 1. The summed E-state index contributed by atoms with van der Waals surface area (Å²) in [6.45, 7) is 4.20. The fourth-order valence-electron chi connectivity index (χ4n) is 2.90. The number of carbonyl (C=O) groups excluding carboxylic acids is 1. The number of benzene rings is 2. The molecule has 0 spiro atoms. The van der Waals surface area contributed by atoms with E-state index >= 15 is 0 Å². The molecule has 0 bridgehead atoms. The summed E-state index contributed by atoms with van der Waals surface area (Å²) in [5, 5.41) is 5.70. The quantitative estimate of drug-likeness (QED) is 0.857. The first-order valence-electron chi connectivity index (χ1n) is 7.63. The summed E-state index contributed by atoms with van der Waals surface area (Å²) in [6, 6.07) is 14.2. The van der Waals surface area contributed by atoms with Crippen molar-refractivity contribution in [1.29, 1.82) is 0 Å². The van der Waals surface area contributed by atoms with E-state index in [1.807, 2.05) is 36.4 Å². The first-order valence-corrected chi connectivity index (χ1v) is 7.63. The summed E-state index contributed by atoms with van der Waals surface area (Å²) in [7, 11) is 0. The molecule has 110 valence electrons. The lowest BCUT2D eigenvalue weighted by Gasteiger charge is -2.18. The van der Waals surface area contributed by atoms with Crippen molar-refractivity contribution in [1.82, 2.24) is 5.32 Å². The van der Waals surface area contributed by atoms with Gasteiger partial charge in [-0.3, -0.25) is 4.79 Å². The highest BCUT2D eigenvalue weighted by Gasteiger charge is 2.33. The third-order valence-corrected chi connectivity index (χ3v) is 4.11. The first-order chi connectivity index (χ1) is 10.3. The predicted octanol–water partition coefficient (Wildman–Crippen LogP) is 3.04. The van der Waals surface area contributed by atoms with Crippen LogP contribution in [0.15, 0.2) is 42.5 Å². The molecule has 0 aliphatic carbocycles. The third-order valence-electron chi connectivity index (χ3n) is 4.11. The Bertz CT molecular complexity index is 638. The summed E-state index contributed by atoms with van der Waals surface area (Å²) >= 11 is 0. The number of fused-ring (bicyclic) bond motifs is 1. The summed E-state index contributed by atoms with van der Waals surface area (Å²) in [6.07, 6.45) is 1.06. The minimum atomic E-state index is -0.0716. The predicted molar refractivity (Wildman–Crippen MR) is 84.7 cm³/mol. The normalized spacial score (nSPS) is 21.8. The van der Waals surface area contributed by atoms with Crippen molar-refractivity contribution in [2.45, 2.75) is 19.4 Å². The molecule has 1 aliphatic rings. The molecule has 1 N–H and O–H groups in total. The van der Waals surface area contributed by atoms with Gasteiger partial charge in [-0.15, -0.1) is 0 Å². The summed E-state index contributed by atoms with van der Waals surface area (Å²) in [5.41, 5.74) is 0.785. The van der Waals surface area contributed by atoms with Gasteiger partial charge in [0.15, 0.2) is 5.78 Å². The van der Waals surface area contributed by atoms with Gasteiger partial charge < -0.3 is 10.1 Å². The number of carbonyl (C=O) groups is 1. The summed E-state index contributed by atoms with van der Waals surface area (Å²) in [5.74, 6) is 0.115. The van der Waals surface area contributed by atoms with E-state index in [0.29, 0.717) is 13.2 Å². The van der Waals surface area contributed by atoms with E-state index in [4.69, 9.17) is 4.74 Å². The second-order valence-corrected chi connectivity index (χ2v) is 5.63. The van der Waals surface area contributed by atoms with Crippen LogP contribution in [0, 0.1) is 5.92 Å². The van der Waals surface area contributed by atoms with E-state index in [0.717, 1.165) is 29.3 Å². The Morgan fingerprint density at radius 1 is 1.19 bits per heavy atom. The largest absolute Gasteiger partial charge is 0.379 e. The van der Waals surface area contributed by atoms with E-state index in [1.54, 1.807) is 0 Å². The number of nitrogens with one attached hydrogen (secondary N) is 1. The Hall–Kier alpha value is -1.71. The lowest BCUT2D eigenvalue weighted by Crippen LogP contribution is -2.39. The van der Waals surface area contributed by atoms with Crippen LogP contribution in [0.1, 0.15) is 23.7 Å². The minimum absolute atomic E-state index is 0.0716. The molecular weight excluding hydrogens is 262 g/mol. The standard InChI is InChI=1S/C18H21NO2/c1-2-9-19-17-12-21-11-16(17)18(20)15-8-7-13-5-3-4-6-14(13)10-15/h3-8,10,16-17,19H,2,9,11-12H2,1H3. The Labute approximate surface area is 125 Å². The summed E-state index contributed by atoms with van der Waals surface area (Å²) in [4.78, 5) is 12.7. The fraction of sp³-hybridized carbons (Fsp3) is 0.389. The van der Waals surface area contributed by atoms with E-state index in [-0.39, 0.29) is 17.7 Å². The van der Waals surface area contributed by atoms with Gasteiger partial charge >= 0.3 is 0 Å². The average Bonchev–Trinajstić information content (AvgIpc) is 3.00. The van der Waals surface area contributed by atoms with Crippen LogP contribution in [-0.4, -0.2) is 31.6 Å². The lowest BCUT2D eigenvalue weighted by molar-refractivity contribution is 0.0891. The van der Waals surface area contributed by atoms with Crippen LogP contribution in [0.3, 0.4) is 0 Å². The molecule has 1 saturated heterocycles. The summed E-state index contributed by atoms with van der Waals surface area (Å²) < 4.78 is 5.51. The van der Waals surface area contributed by atoms with E-state index in [9.17, 15) is 4.79 Å². The van der Waals surface area contributed by atoms with Gasteiger partial charge in [-0.2, -0.15) is 0 Å². The zero-order chi connectivity index (χ0) is 14.7. The minimum Gasteiger partial charge on any atom is -0.379 e. The molecule has 0 aromatic heterocycles. The van der Waals surface area contributed by atoms with E-state index < -0.39 is 0 Å². The molecule has 0 amide bonds. The molecular formula is C18H21NO2. The Kier molecular flexibility index (Phi) is 4.32. The molecule has 1 aliphatic heterocycles. The van der Waals surface area contributed by atoms with Crippen molar-refractivity contribution in [3.8, 4) is 0 Å². The van der Waals surface area contributed by atoms with Crippen LogP contribution in [0.4, 0.5) is 0 Å². The topological polar surface area (TPSA) is 38.3 Å². The maximum absolute atomic E-state index is 12.7. The van der Waals surface area contributed by atoms with Crippen molar-refractivity contribution in [3.05, 3.63) is 48.0 Å². The molecule has 2 atom stereocenters.